The van der Waals surface area contributed by atoms with Crippen LogP contribution in [0.4, 0.5) is 23.2 Å². The zero-order chi connectivity index (χ0) is 27.2. The number of anilines is 1. The summed E-state index contributed by atoms with van der Waals surface area (Å²) >= 11 is 0. The van der Waals surface area contributed by atoms with E-state index in [1.54, 1.807) is 24.3 Å². The van der Waals surface area contributed by atoms with Gasteiger partial charge in [-0.25, -0.2) is 9.18 Å². The molecule has 2 aromatic heterocycles. The van der Waals surface area contributed by atoms with Gasteiger partial charge in [0.15, 0.2) is 6.10 Å². The van der Waals surface area contributed by atoms with Crippen LogP contribution in [-0.2, 0) is 13.0 Å². The number of halogens is 4. The number of amides is 1. The van der Waals surface area contributed by atoms with Gasteiger partial charge in [-0.1, -0.05) is 6.07 Å². The van der Waals surface area contributed by atoms with Gasteiger partial charge in [0.1, 0.15) is 23.1 Å². The molecular weight excluding hydrogens is 506 g/mol. The van der Waals surface area contributed by atoms with Crippen molar-refractivity contribution >= 4 is 22.5 Å². The summed E-state index contributed by atoms with van der Waals surface area (Å²) in [6.07, 6.45) is -4.99. The first-order valence-corrected chi connectivity index (χ1v) is 12.0. The molecule has 3 heterocycles. The lowest BCUT2D eigenvalue weighted by Gasteiger charge is -2.20. The third-order valence-corrected chi connectivity index (χ3v) is 6.34. The first-order valence-electron chi connectivity index (χ1n) is 12.0. The van der Waals surface area contributed by atoms with E-state index in [2.05, 4.69) is 15.4 Å². The van der Waals surface area contributed by atoms with Crippen LogP contribution in [0.5, 0.6) is 5.75 Å². The number of pyridine rings is 1. The second kappa shape index (κ2) is 9.58. The van der Waals surface area contributed by atoms with E-state index in [0.717, 1.165) is 47.7 Å². The molecule has 1 aliphatic rings. The number of carbonyl (C=O) groups is 1. The lowest BCUT2D eigenvalue weighted by Crippen LogP contribution is -2.32. The molecule has 0 saturated heterocycles. The van der Waals surface area contributed by atoms with Gasteiger partial charge in [-0.15, -0.1) is 5.10 Å². The SMILES string of the molecule is Cc1ccc2cc(NC(=O)c3cc(F)c(-n4nc5n(c4=O)CCCC5)cc3O[C@@H](C)C(F)(F)F)ccc2n1. The minimum Gasteiger partial charge on any atom is -0.480 e. The molecule has 38 heavy (non-hydrogen) atoms. The van der Waals surface area contributed by atoms with E-state index in [4.69, 9.17) is 4.74 Å². The molecule has 1 atom stereocenters. The number of ether oxygens (including phenoxy) is 1. The first-order chi connectivity index (χ1) is 18.0. The molecule has 0 unspecified atom stereocenters. The fourth-order valence-electron chi connectivity index (χ4n) is 4.30. The zero-order valence-corrected chi connectivity index (χ0v) is 20.5. The Labute approximate surface area is 213 Å². The molecule has 2 aromatic carbocycles. The summed E-state index contributed by atoms with van der Waals surface area (Å²) in [6.45, 7) is 3.01. The van der Waals surface area contributed by atoms with Crippen molar-refractivity contribution in [3.05, 3.63) is 75.8 Å². The number of rotatable bonds is 5. The molecule has 0 saturated carbocycles. The molecule has 0 bridgehead atoms. The Kier molecular flexibility index (Phi) is 6.41. The van der Waals surface area contributed by atoms with Crippen molar-refractivity contribution in [3.8, 4) is 11.4 Å². The van der Waals surface area contributed by atoms with E-state index in [0.29, 0.717) is 30.0 Å². The van der Waals surface area contributed by atoms with Crippen molar-refractivity contribution in [2.24, 2.45) is 0 Å². The van der Waals surface area contributed by atoms with Crippen LogP contribution in [0, 0.1) is 12.7 Å². The topological polar surface area (TPSA) is 91.0 Å². The average Bonchev–Trinajstić information content (AvgIpc) is 3.20. The number of nitrogens with one attached hydrogen (secondary N) is 1. The Hall–Kier alpha value is -4.22. The van der Waals surface area contributed by atoms with Gasteiger partial charge in [0, 0.05) is 35.8 Å². The van der Waals surface area contributed by atoms with Crippen molar-refractivity contribution in [2.75, 3.05) is 5.32 Å². The van der Waals surface area contributed by atoms with Gasteiger partial charge in [-0.3, -0.25) is 14.3 Å². The summed E-state index contributed by atoms with van der Waals surface area (Å²) in [5.41, 5.74) is 0.320. The Balaban J connectivity index is 1.55. The molecule has 1 amide bonds. The lowest BCUT2D eigenvalue weighted by molar-refractivity contribution is -0.189. The van der Waals surface area contributed by atoms with Crippen LogP contribution >= 0.6 is 0 Å². The fraction of sp³-hybridized carbons (Fsp3) is 0.308. The van der Waals surface area contributed by atoms with Crippen LogP contribution in [0.25, 0.3) is 16.6 Å². The highest BCUT2D eigenvalue weighted by atomic mass is 19.4. The quantitative estimate of drug-likeness (QED) is 0.370. The van der Waals surface area contributed by atoms with Crippen LogP contribution in [0.1, 0.15) is 41.6 Å². The number of hydrogen-bond donors (Lipinski definition) is 1. The maximum atomic E-state index is 15.3. The fourth-order valence-corrected chi connectivity index (χ4v) is 4.30. The summed E-state index contributed by atoms with van der Waals surface area (Å²) in [5.74, 6) is -2.00. The number of aromatic nitrogens is 4. The van der Waals surface area contributed by atoms with Gasteiger partial charge in [-0.05, 0) is 57.0 Å². The molecule has 0 radical (unpaired) electrons. The van der Waals surface area contributed by atoms with Crippen LogP contribution in [0.3, 0.4) is 0 Å². The standard InChI is InChI=1S/C26H23F4N5O3/c1-14-6-7-16-11-17(8-9-20(16)31-14)32-24(36)18-12-19(27)21(13-22(18)38-15(2)26(28,29)30)35-25(37)34-10-4-3-5-23(34)33-35/h6-9,11-13,15H,3-5,10H2,1-2H3,(H,32,36)/t15-/m0/s1. The van der Waals surface area contributed by atoms with E-state index >= 15 is 4.39 Å². The smallest absolute Gasteiger partial charge is 0.425 e. The summed E-state index contributed by atoms with van der Waals surface area (Å²) in [4.78, 5) is 30.4. The van der Waals surface area contributed by atoms with Gasteiger partial charge in [0.2, 0.25) is 0 Å². The van der Waals surface area contributed by atoms with Crippen LogP contribution < -0.4 is 15.7 Å². The minimum atomic E-state index is -4.75. The number of carbonyl (C=O) groups excluding carboxylic acids is 1. The maximum Gasteiger partial charge on any atom is 0.425 e. The number of fused-ring (bicyclic) bond motifs is 2. The van der Waals surface area contributed by atoms with Gasteiger partial charge in [0.05, 0.1) is 11.1 Å². The van der Waals surface area contributed by atoms with Crippen LogP contribution in [0.2, 0.25) is 0 Å². The summed E-state index contributed by atoms with van der Waals surface area (Å²) < 4.78 is 62.6. The monoisotopic (exact) mass is 529 g/mol. The third-order valence-electron chi connectivity index (χ3n) is 6.34. The van der Waals surface area contributed by atoms with E-state index < -0.39 is 46.7 Å². The first kappa shape index (κ1) is 25.4. The minimum absolute atomic E-state index is 0.324. The zero-order valence-electron chi connectivity index (χ0n) is 20.5. The van der Waals surface area contributed by atoms with Gasteiger partial charge in [0.25, 0.3) is 5.91 Å². The number of alkyl halides is 3. The molecule has 8 nitrogen and oxygen atoms in total. The van der Waals surface area contributed by atoms with Crippen molar-refractivity contribution in [1.29, 1.82) is 0 Å². The number of hydrogen-bond acceptors (Lipinski definition) is 5. The van der Waals surface area contributed by atoms with Crippen molar-refractivity contribution in [3.63, 3.8) is 0 Å². The maximum absolute atomic E-state index is 15.3. The predicted molar refractivity (Wildman–Crippen MR) is 131 cm³/mol. The van der Waals surface area contributed by atoms with Crippen molar-refractivity contribution < 1.29 is 27.1 Å². The number of nitrogens with zero attached hydrogens (tertiary/aromatic N) is 4. The molecular formula is C26H23F4N5O3. The normalized spacial score (nSPS) is 14.3. The highest BCUT2D eigenvalue weighted by Crippen LogP contribution is 2.31. The molecule has 0 aliphatic carbocycles. The van der Waals surface area contributed by atoms with Crippen molar-refractivity contribution in [1.82, 2.24) is 19.3 Å². The molecule has 1 aliphatic heterocycles. The summed E-state index contributed by atoms with van der Waals surface area (Å²) in [6, 6.07) is 10.1. The Morgan fingerprint density at radius 3 is 2.66 bits per heavy atom. The van der Waals surface area contributed by atoms with Crippen molar-refractivity contribution in [2.45, 2.75) is 51.9 Å². The molecule has 198 valence electrons. The lowest BCUT2D eigenvalue weighted by atomic mass is 10.1. The average molecular weight is 529 g/mol. The van der Waals surface area contributed by atoms with Gasteiger partial charge < -0.3 is 10.1 Å². The Morgan fingerprint density at radius 2 is 1.92 bits per heavy atom. The number of aryl methyl sites for hydroxylation is 2. The summed E-state index contributed by atoms with van der Waals surface area (Å²) in [7, 11) is 0. The summed E-state index contributed by atoms with van der Waals surface area (Å²) in [5, 5.41) is 7.47. The second-order valence-corrected chi connectivity index (χ2v) is 9.14. The highest BCUT2D eigenvalue weighted by molar-refractivity contribution is 6.07. The Morgan fingerprint density at radius 1 is 1.13 bits per heavy atom. The molecule has 1 N–H and O–H groups in total. The van der Waals surface area contributed by atoms with Gasteiger partial charge >= 0.3 is 11.9 Å². The molecule has 12 heteroatoms. The number of benzene rings is 2. The Bertz CT molecular complexity index is 1610. The third kappa shape index (κ3) is 4.85. The van der Waals surface area contributed by atoms with Crippen LogP contribution in [0.15, 0.2) is 47.3 Å². The van der Waals surface area contributed by atoms with E-state index in [1.807, 2.05) is 13.0 Å². The highest BCUT2D eigenvalue weighted by Gasteiger charge is 2.39. The molecule has 5 rings (SSSR count). The van der Waals surface area contributed by atoms with Gasteiger partial charge in [-0.2, -0.15) is 17.9 Å². The van der Waals surface area contributed by atoms with Crippen LogP contribution in [-0.4, -0.2) is 37.5 Å². The van der Waals surface area contributed by atoms with E-state index in [9.17, 15) is 22.8 Å². The molecule has 0 spiro atoms. The second-order valence-electron chi connectivity index (χ2n) is 9.14. The van der Waals surface area contributed by atoms with E-state index in [-0.39, 0.29) is 0 Å². The molecule has 4 aromatic rings. The predicted octanol–water partition coefficient (Wildman–Crippen LogP) is 4.95. The van der Waals surface area contributed by atoms with E-state index in [1.165, 1.54) is 4.57 Å². The largest absolute Gasteiger partial charge is 0.480 e. The molecule has 0 fully saturated rings.